The molecule has 0 aliphatic carbocycles. The maximum Gasteiger partial charge on any atom is 0.261 e. The number of rotatable bonds is 3. The van der Waals surface area contributed by atoms with Gasteiger partial charge >= 0.3 is 0 Å². The quantitative estimate of drug-likeness (QED) is 0.458. The molecule has 1 heterocycles. The summed E-state index contributed by atoms with van der Waals surface area (Å²) in [6.07, 6.45) is 1.39. The first-order chi connectivity index (χ1) is 10.0. The Balaban J connectivity index is 2.18. The molecule has 108 valence electrons. The van der Waals surface area contributed by atoms with Crippen molar-refractivity contribution < 1.29 is 10.0 Å². The van der Waals surface area contributed by atoms with Crippen molar-refractivity contribution in [3.63, 3.8) is 0 Å². The van der Waals surface area contributed by atoms with E-state index in [9.17, 15) is 9.59 Å². The van der Waals surface area contributed by atoms with E-state index in [1.165, 1.54) is 12.3 Å². The van der Waals surface area contributed by atoms with Crippen LogP contribution in [-0.4, -0.2) is 21.8 Å². The lowest BCUT2D eigenvalue weighted by molar-refractivity contribution is 0.102. The second-order valence-electron chi connectivity index (χ2n) is 4.61. The highest BCUT2D eigenvalue weighted by molar-refractivity contribution is 6.04. The van der Waals surface area contributed by atoms with Crippen molar-refractivity contribution in [2.24, 2.45) is 5.16 Å². The van der Waals surface area contributed by atoms with Crippen LogP contribution in [0.5, 0.6) is 0 Å². The summed E-state index contributed by atoms with van der Waals surface area (Å²) in [7, 11) is 0. The lowest BCUT2D eigenvalue weighted by Gasteiger charge is -2.06. The van der Waals surface area contributed by atoms with Gasteiger partial charge in [-0.2, -0.15) is 0 Å². The molecule has 6 heteroatoms. The van der Waals surface area contributed by atoms with Crippen LogP contribution in [0.4, 0.5) is 5.69 Å². The van der Waals surface area contributed by atoms with Crippen LogP contribution in [0.2, 0.25) is 0 Å². The lowest BCUT2D eigenvalue weighted by atomic mass is 10.1. The molecule has 0 atom stereocenters. The molecule has 0 bridgehead atoms. The molecule has 0 unspecified atom stereocenters. The van der Waals surface area contributed by atoms with E-state index >= 15 is 0 Å². The van der Waals surface area contributed by atoms with E-state index in [2.05, 4.69) is 15.5 Å². The van der Waals surface area contributed by atoms with E-state index in [0.717, 1.165) is 5.56 Å². The smallest absolute Gasteiger partial charge is 0.261 e. The highest BCUT2D eigenvalue weighted by atomic mass is 16.4. The maximum absolute atomic E-state index is 12.0. The Labute approximate surface area is 121 Å². The van der Waals surface area contributed by atoms with Crippen LogP contribution < -0.4 is 10.7 Å². The third-order valence-corrected chi connectivity index (χ3v) is 3.01. The molecule has 0 saturated heterocycles. The molecule has 1 aromatic heterocycles. The summed E-state index contributed by atoms with van der Waals surface area (Å²) >= 11 is 0. The van der Waals surface area contributed by atoms with E-state index in [0.29, 0.717) is 17.1 Å². The lowest BCUT2D eigenvalue weighted by Crippen LogP contribution is -2.21. The normalized spacial score (nSPS) is 11.2. The minimum Gasteiger partial charge on any atom is -0.411 e. The van der Waals surface area contributed by atoms with Gasteiger partial charge < -0.3 is 15.5 Å². The zero-order valence-corrected chi connectivity index (χ0v) is 11.7. The molecular weight excluding hydrogens is 270 g/mol. The number of oxime groups is 1. The predicted octanol–water partition coefficient (Wildman–Crippen LogP) is 2.13. The van der Waals surface area contributed by atoms with Crippen LogP contribution in [0.15, 0.2) is 46.5 Å². The highest BCUT2D eigenvalue weighted by Gasteiger charge is 2.10. The van der Waals surface area contributed by atoms with E-state index < -0.39 is 5.91 Å². The molecule has 3 N–H and O–H groups in total. The van der Waals surface area contributed by atoms with Crippen LogP contribution >= 0.6 is 0 Å². The summed E-state index contributed by atoms with van der Waals surface area (Å²) in [6.45, 7) is 3.41. The SMILES string of the molecule is C/C(=N/O)c1ccc(NC(=O)c2c[nH]c(C)cc2=O)cc1. The highest BCUT2D eigenvalue weighted by Crippen LogP contribution is 2.11. The van der Waals surface area contributed by atoms with Crippen LogP contribution in [0.3, 0.4) is 0 Å². The van der Waals surface area contributed by atoms with Crippen LogP contribution in [0.25, 0.3) is 0 Å². The van der Waals surface area contributed by atoms with Crippen LogP contribution in [0.1, 0.15) is 28.5 Å². The Morgan fingerprint density at radius 1 is 1.29 bits per heavy atom. The average molecular weight is 285 g/mol. The summed E-state index contributed by atoms with van der Waals surface area (Å²) in [5, 5.41) is 14.4. The third-order valence-electron chi connectivity index (χ3n) is 3.01. The van der Waals surface area contributed by atoms with Crippen molar-refractivity contribution in [2.45, 2.75) is 13.8 Å². The number of carbonyl (C=O) groups is 1. The summed E-state index contributed by atoms with van der Waals surface area (Å²) in [5.74, 6) is -0.475. The van der Waals surface area contributed by atoms with E-state index in [1.54, 1.807) is 38.1 Å². The minimum atomic E-state index is -0.475. The molecule has 0 saturated carbocycles. The van der Waals surface area contributed by atoms with E-state index in [1.807, 2.05) is 0 Å². The first kappa shape index (κ1) is 14.5. The van der Waals surface area contributed by atoms with Crippen molar-refractivity contribution in [2.75, 3.05) is 5.32 Å². The Hall–Kier alpha value is -2.89. The molecule has 2 aromatic rings. The van der Waals surface area contributed by atoms with Crippen LogP contribution in [0, 0.1) is 6.92 Å². The van der Waals surface area contributed by atoms with Gasteiger partial charge in [-0.15, -0.1) is 0 Å². The van der Waals surface area contributed by atoms with Gasteiger partial charge in [-0.25, -0.2) is 0 Å². The standard InChI is InChI=1S/C15H15N3O3/c1-9-7-14(19)13(8-16-9)15(20)17-12-5-3-11(4-6-12)10(2)18-21/h3-8,21H,1-2H3,(H,16,19)(H,17,20)/b18-10-. The van der Waals surface area contributed by atoms with Gasteiger partial charge in [0.1, 0.15) is 5.56 Å². The number of hydrogen-bond acceptors (Lipinski definition) is 4. The van der Waals surface area contributed by atoms with Gasteiger partial charge in [-0.1, -0.05) is 17.3 Å². The number of anilines is 1. The number of carbonyl (C=O) groups excluding carboxylic acids is 1. The first-order valence-electron chi connectivity index (χ1n) is 6.31. The average Bonchev–Trinajstić information content (AvgIpc) is 2.47. The summed E-state index contributed by atoms with van der Waals surface area (Å²) in [5.41, 5.74) is 2.18. The third kappa shape index (κ3) is 3.36. The van der Waals surface area contributed by atoms with Crippen molar-refractivity contribution in [3.8, 4) is 0 Å². The number of nitrogens with one attached hydrogen (secondary N) is 2. The van der Waals surface area contributed by atoms with Crippen molar-refractivity contribution in [1.29, 1.82) is 0 Å². The maximum atomic E-state index is 12.0. The van der Waals surface area contributed by atoms with Gasteiger partial charge in [0, 0.05) is 23.6 Å². The number of aryl methyl sites for hydroxylation is 1. The number of aromatic amines is 1. The van der Waals surface area contributed by atoms with Gasteiger partial charge in [-0.05, 0) is 31.5 Å². The van der Waals surface area contributed by atoms with Crippen molar-refractivity contribution >= 4 is 17.3 Å². The fourth-order valence-corrected chi connectivity index (χ4v) is 1.80. The minimum absolute atomic E-state index is 0.0535. The number of H-pyrrole nitrogens is 1. The number of amides is 1. The Bertz CT molecular complexity index is 746. The Morgan fingerprint density at radius 3 is 2.52 bits per heavy atom. The number of benzene rings is 1. The zero-order valence-electron chi connectivity index (χ0n) is 11.7. The summed E-state index contributed by atoms with van der Waals surface area (Å²) in [4.78, 5) is 26.6. The molecule has 21 heavy (non-hydrogen) atoms. The molecule has 6 nitrogen and oxygen atoms in total. The van der Waals surface area contributed by atoms with Crippen molar-refractivity contribution in [3.05, 3.63) is 63.6 Å². The number of nitrogens with zero attached hydrogens (tertiary/aromatic N) is 1. The molecule has 0 spiro atoms. The molecular formula is C15H15N3O3. The van der Waals surface area contributed by atoms with Gasteiger partial charge in [-0.3, -0.25) is 9.59 Å². The summed E-state index contributed by atoms with van der Waals surface area (Å²) in [6, 6.07) is 8.14. The number of pyridine rings is 1. The topological polar surface area (TPSA) is 94.6 Å². The fraction of sp³-hybridized carbons (Fsp3) is 0.133. The second kappa shape index (κ2) is 6.04. The monoisotopic (exact) mass is 285 g/mol. The summed E-state index contributed by atoms with van der Waals surface area (Å²) < 4.78 is 0. The van der Waals surface area contributed by atoms with Crippen molar-refractivity contribution in [1.82, 2.24) is 4.98 Å². The molecule has 1 aromatic carbocycles. The van der Waals surface area contributed by atoms with E-state index in [4.69, 9.17) is 5.21 Å². The molecule has 0 aliphatic rings. The van der Waals surface area contributed by atoms with E-state index in [-0.39, 0.29) is 11.0 Å². The molecule has 0 radical (unpaired) electrons. The largest absolute Gasteiger partial charge is 0.411 e. The Kier molecular flexibility index (Phi) is 4.18. The van der Waals surface area contributed by atoms with Crippen LogP contribution in [-0.2, 0) is 0 Å². The van der Waals surface area contributed by atoms with Gasteiger partial charge in [0.15, 0.2) is 5.43 Å². The fourth-order valence-electron chi connectivity index (χ4n) is 1.80. The predicted molar refractivity (Wildman–Crippen MR) is 80.2 cm³/mol. The number of aromatic nitrogens is 1. The molecule has 0 aliphatic heterocycles. The second-order valence-corrected chi connectivity index (χ2v) is 4.61. The first-order valence-corrected chi connectivity index (χ1v) is 6.31. The van der Waals surface area contributed by atoms with Gasteiger partial charge in [0.25, 0.3) is 5.91 Å². The molecule has 1 amide bonds. The number of hydrogen-bond donors (Lipinski definition) is 3. The Morgan fingerprint density at radius 2 is 1.95 bits per heavy atom. The molecule has 2 rings (SSSR count). The molecule has 0 fully saturated rings. The zero-order chi connectivity index (χ0) is 15.4. The van der Waals surface area contributed by atoms with Gasteiger partial charge in [0.05, 0.1) is 5.71 Å². The van der Waals surface area contributed by atoms with Gasteiger partial charge in [0.2, 0.25) is 0 Å².